The van der Waals surface area contributed by atoms with E-state index in [0.717, 1.165) is 27.8 Å². The molecule has 1 saturated heterocycles. The smallest absolute Gasteiger partial charge is 0.274 e. The minimum absolute atomic E-state index is 0.0375. The number of fused-ring (bicyclic) bond motifs is 4. The monoisotopic (exact) mass is 453 g/mol. The molecule has 7 nitrogen and oxygen atoms in total. The average Bonchev–Trinajstić information content (AvgIpc) is 2.84. The molecule has 0 radical (unpaired) electrons. The van der Waals surface area contributed by atoms with Gasteiger partial charge in [-0.3, -0.25) is 14.4 Å². The second-order valence-corrected chi connectivity index (χ2v) is 8.00. The number of hydrogen-bond acceptors (Lipinski definition) is 4. The molecule has 170 valence electrons. The number of nitrogens with one attached hydrogen (secondary N) is 1. The number of rotatable bonds is 3. The molecule has 2 aliphatic rings. The van der Waals surface area contributed by atoms with Crippen LogP contribution in [0.3, 0.4) is 0 Å². The van der Waals surface area contributed by atoms with Gasteiger partial charge in [0.15, 0.2) is 11.4 Å². The molecular formula is C21H19F4N3O4. The Balaban J connectivity index is 1.72. The molecule has 1 aromatic carbocycles. The number of halogens is 4. The summed E-state index contributed by atoms with van der Waals surface area (Å²) in [5.74, 6) is -8.11. The number of aromatic hydroxyl groups is 1. The van der Waals surface area contributed by atoms with Crippen LogP contribution in [0.1, 0.15) is 50.9 Å². The van der Waals surface area contributed by atoms with Crippen molar-refractivity contribution in [2.45, 2.75) is 38.3 Å². The van der Waals surface area contributed by atoms with Crippen LogP contribution < -0.4 is 10.7 Å². The first kappa shape index (κ1) is 21.8. The van der Waals surface area contributed by atoms with E-state index in [0.29, 0.717) is 5.56 Å². The zero-order chi connectivity index (χ0) is 23.4. The number of amides is 2. The van der Waals surface area contributed by atoms with Crippen molar-refractivity contribution in [1.82, 2.24) is 14.8 Å². The van der Waals surface area contributed by atoms with E-state index in [-0.39, 0.29) is 19.5 Å². The van der Waals surface area contributed by atoms with Crippen molar-refractivity contribution in [1.29, 1.82) is 0 Å². The minimum atomic E-state index is -3.26. The van der Waals surface area contributed by atoms with Gasteiger partial charge in [0.25, 0.3) is 17.7 Å². The summed E-state index contributed by atoms with van der Waals surface area (Å²) in [6, 6.07) is 0.550. The molecular weight excluding hydrogens is 434 g/mol. The molecule has 2 amide bonds. The molecule has 1 unspecified atom stereocenters. The normalized spacial score (nSPS) is 19.3. The number of pyridine rings is 1. The number of benzene rings is 1. The molecule has 1 atom stereocenters. The third kappa shape index (κ3) is 3.51. The quantitative estimate of drug-likeness (QED) is 0.699. The summed E-state index contributed by atoms with van der Waals surface area (Å²) < 4.78 is 58.2. The summed E-state index contributed by atoms with van der Waals surface area (Å²) in [5.41, 5.74) is -2.70. The Morgan fingerprint density at radius 3 is 2.56 bits per heavy atom. The van der Waals surface area contributed by atoms with Crippen LogP contribution in [0.25, 0.3) is 0 Å². The van der Waals surface area contributed by atoms with Crippen molar-refractivity contribution in [2.75, 3.05) is 13.1 Å². The van der Waals surface area contributed by atoms with Crippen LogP contribution in [0, 0.1) is 18.6 Å². The highest BCUT2D eigenvalue weighted by Crippen LogP contribution is 2.41. The number of nitrogens with zero attached hydrogens (tertiary/aromatic N) is 2. The summed E-state index contributed by atoms with van der Waals surface area (Å²) in [6.45, 7) is 0.568. The van der Waals surface area contributed by atoms with E-state index in [1.54, 1.807) is 0 Å². The summed E-state index contributed by atoms with van der Waals surface area (Å²) >= 11 is 0. The first-order chi connectivity index (χ1) is 15.0. The molecule has 3 heterocycles. The minimum Gasteiger partial charge on any atom is -0.503 e. The van der Waals surface area contributed by atoms with Gasteiger partial charge in [0, 0.05) is 37.8 Å². The molecule has 2 N–H and O–H groups in total. The van der Waals surface area contributed by atoms with E-state index in [1.165, 1.54) is 6.92 Å². The van der Waals surface area contributed by atoms with Crippen molar-refractivity contribution in [2.24, 2.45) is 0 Å². The van der Waals surface area contributed by atoms with Crippen molar-refractivity contribution in [3.63, 3.8) is 0 Å². The molecule has 11 heteroatoms. The van der Waals surface area contributed by atoms with Crippen molar-refractivity contribution in [3.8, 4) is 5.75 Å². The van der Waals surface area contributed by atoms with E-state index in [2.05, 4.69) is 5.32 Å². The summed E-state index contributed by atoms with van der Waals surface area (Å²) in [5, 5.41) is 12.5. The second-order valence-electron chi connectivity index (χ2n) is 8.00. The van der Waals surface area contributed by atoms with Crippen molar-refractivity contribution in [3.05, 3.63) is 62.6 Å². The molecule has 1 aromatic heterocycles. The molecule has 0 saturated carbocycles. The van der Waals surface area contributed by atoms with Crippen LogP contribution in [-0.2, 0) is 6.54 Å². The molecule has 0 spiro atoms. The number of carbonyl (C=O) groups excluding carboxylic acids is 2. The number of aromatic nitrogens is 1. The molecule has 2 bridgehead atoms. The first-order valence-electron chi connectivity index (χ1n) is 9.89. The highest BCUT2D eigenvalue weighted by atomic mass is 19.3. The fourth-order valence-electron chi connectivity index (χ4n) is 4.13. The summed E-state index contributed by atoms with van der Waals surface area (Å²) in [7, 11) is 0. The maximum atomic E-state index is 14.7. The molecule has 2 aliphatic heterocycles. The van der Waals surface area contributed by atoms with Crippen molar-refractivity contribution < 1.29 is 32.3 Å². The van der Waals surface area contributed by atoms with Gasteiger partial charge in [0.05, 0.1) is 0 Å². The van der Waals surface area contributed by atoms with Crippen molar-refractivity contribution >= 4 is 11.8 Å². The number of hydrogen-bond donors (Lipinski definition) is 2. The Morgan fingerprint density at radius 2 is 1.91 bits per heavy atom. The van der Waals surface area contributed by atoms with Crippen LogP contribution in [0.15, 0.2) is 23.1 Å². The predicted molar refractivity (Wildman–Crippen MR) is 104 cm³/mol. The standard InChI is InChI=1S/C21H19F4N3O4/c1-10-5-13(22)11(14(23)6-10)7-26-19(31)12-8-28-15-9-27(4-2-3-21(15,24)25)20(32)16(28)18(30)17(12)29/h5-6,8,15,30H,2-4,7,9H2,1H3,(H,26,31). The SMILES string of the molecule is Cc1cc(F)c(CNC(=O)c2cn3c(c(O)c2=O)C(=O)N2CCCC(F)(F)C3C2)c(F)c1. The summed E-state index contributed by atoms with van der Waals surface area (Å²) in [4.78, 5) is 38.9. The lowest BCUT2D eigenvalue weighted by Gasteiger charge is -2.37. The highest BCUT2D eigenvalue weighted by molar-refractivity contribution is 5.99. The zero-order valence-corrected chi connectivity index (χ0v) is 16.9. The van der Waals surface area contributed by atoms with Gasteiger partial charge in [-0.2, -0.15) is 0 Å². The highest BCUT2D eigenvalue weighted by Gasteiger charge is 2.49. The Kier molecular flexibility index (Phi) is 5.22. The average molecular weight is 453 g/mol. The van der Waals surface area contributed by atoms with E-state index in [9.17, 15) is 37.1 Å². The maximum absolute atomic E-state index is 14.7. The van der Waals surface area contributed by atoms with Gasteiger partial charge >= 0.3 is 0 Å². The van der Waals surface area contributed by atoms with Gasteiger partial charge in [0.1, 0.15) is 23.2 Å². The molecule has 32 heavy (non-hydrogen) atoms. The van der Waals surface area contributed by atoms with Crippen LogP contribution in [0.4, 0.5) is 17.6 Å². The lowest BCUT2D eigenvalue weighted by molar-refractivity contribution is -0.0597. The van der Waals surface area contributed by atoms with Crippen LogP contribution in [-0.4, -0.2) is 45.4 Å². The number of aryl methyl sites for hydroxylation is 1. The number of carbonyl (C=O) groups is 2. The Labute approximate surface area is 179 Å². The van der Waals surface area contributed by atoms with Crippen LogP contribution in [0.5, 0.6) is 5.75 Å². The van der Waals surface area contributed by atoms with Gasteiger partial charge in [0.2, 0.25) is 5.43 Å². The fraction of sp³-hybridized carbons (Fsp3) is 0.381. The lowest BCUT2D eigenvalue weighted by atomic mass is 10.0. The Bertz CT molecular complexity index is 1170. The molecule has 1 fully saturated rings. The topological polar surface area (TPSA) is 91.6 Å². The third-order valence-corrected chi connectivity index (χ3v) is 5.81. The van der Waals surface area contributed by atoms with E-state index < -0.39 is 76.4 Å². The van der Waals surface area contributed by atoms with Gasteiger partial charge in [-0.05, 0) is 31.0 Å². The Hall–Kier alpha value is -3.37. The first-order valence-corrected chi connectivity index (χ1v) is 9.89. The van der Waals surface area contributed by atoms with E-state index in [4.69, 9.17) is 0 Å². The third-order valence-electron chi connectivity index (χ3n) is 5.81. The van der Waals surface area contributed by atoms with E-state index in [1.807, 2.05) is 0 Å². The Morgan fingerprint density at radius 1 is 1.25 bits per heavy atom. The lowest BCUT2D eigenvalue weighted by Crippen LogP contribution is -2.48. The van der Waals surface area contributed by atoms with Crippen LogP contribution in [0.2, 0.25) is 0 Å². The van der Waals surface area contributed by atoms with E-state index >= 15 is 0 Å². The maximum Gasteiger partial charge on any atom is 0.274 e. The number of alkyl halides is 2. The molecule has 4 rings (SSSR count). The largest absolute Gasteiger partial charge is 0.503 e. The second kappa shape index (κ2) is 7.64. The summed E-state index contributed by atoms with van der Waals surface area (Å²) in [6.07, 6.45) is 0.324. The molecule has 2 aromatic rings. The van der Waals surface area contributed by atoms with Crippen LogP contribution >= 0.6 is 0 Å². The fourth-order valence-corrected chi connectivity index (χ4v) is 4.13. The molecule has 0 aliphatic carbocycles. The van der Waals surface area contributed by atoms with Gasteiger partial charge in [-0.15, -0.1) is 0 Å². The predicted octanol–water partition coefficient (Wildman–Crippen LogP) is 2.50. The van der Waals surface area contributed by atoms with Gasteiger partial charge in [-0.25, -0.2) is 17.6 Å². The van der Waals surface area contributed by atoms with Gasteiger partial charge in [-0.1, -0.05) is 0 Å². The zero-order valence-electron chi connectivity index (χ0n) is 16.9. The van der Waals surface area contributed by atoms with Gasteiger partial charge < -0.3 is 19.9 Å².